The maximum atomic E-state index is 12.2. The third kappa shape index (κ3) is 4.78. The molecular formula is C20H20N4O3. The van der Waals surface area contributed by atoms with Crippen LogP contribution < -0.4 is 10.9 Å². The molecule has 3 rings (SSSR count). The highest BCUT2D eigenvalue weighted by atomic mass is 16.5. The lowest BCUT2D eigenvalue weighted by atomic mass is 10.2. The van der Waals surface area contributed by atoms with Crippen LogP contribution in [0.1, 0.15) is 24.2 Å². The number of ether oxygens (including phenoxy) is 1. The van der Waals surface area contributed by atoms with Gasteiger partial charge in [0.1, 0.15) is 0 Å². The van der Waals surface area contributed by atoms with E-state index >= 15 is 0 Å². The van der Waals surface area contributed by atoms with Crippen LogP contribution in [0.5, 0.6) is 0 Å². The summed E-state index contributed by atoms with van der Waals surface area (Å²) in [6.07, 6.45) is 0. The van der Waals surface area contributed by atoms with E-state index in [0.29, 0.717) is 23.4 Å². The lowest BCUT2D eigenvalue weighted by molar-refractivity contribution is 0.0459. The molecule has 138 valence electrons. The highest BCUT2D eigenvalue weighted by Gasteiger charge is 2.10. The van der Waals surface area contributed by atoms with Crippen molar-refractivity contribution in [3.8, 4) is 11.3 Å². The van der Waals surface area contributed by atoms with Crippen LogP contribution in [0.2, 0.25) is 0 Å². The summed E-state index contributed by atoms with van der Waals surface area (Å²) in [4.78, 5) is 26.8. The molecule has 0 amide bonds. The summed E-state index contributed by atoms with van der Waals surface area (Å²) < 4.78 is 5.19. The van der Waals surface area contributed by atoms with Crippen molar-refractivity contribution in [3.63, 3.8) is 0 Å². The van der Waals surface area contributed by atoms with Gasteiger partial charge in [0.15, 0.2) is 5.69 Å². The normalized spacial score (nSPS) is 10.6. The molecule has 0 unspecified atom stereocenters. The number of nitrogens with one attached hydrogen (secondary N) is 2. The van der Waals surface area contributed by atoms with Gasteiger partial charge in [-0.2, -0.15) is 0 Å². The third-order valence-electron chi connectivity index (χ3n) is 3.68. The smallest absolute Gasteiger partial charge is 0.338 e. The molecule has 0 spiro atoms. The molecule has 0 aliphatic carbocycles. The molecule has 0 saturated carbocycles. The van der Waals surface area contributed by atoms with Crippen LogP contribution >= 0.6 is 0 Å². The number of carbonyl (C=O) groups is 1. The SMILES string of the molecule is CC(C)COC(=O)c1ccc(Nc2nnc(-c3ccccc3)c(=O)[nH]2)cc1. The van der Waals surface area contributed by atoms with Crippen LogP contribution in [0.15, 0.2) is 59.4 Å². The number of rotatable bonds is 6. The molecule has 1 aromatic heterocycles. The highest BCUT2D eigenvalue weighted by molar-refractivity contribution is 5.89. The van der Waals surface area contributed by atoms with Crippen LogP contribution in [0.25, 0.3) is 11.3 Å². The number of nitrogens with zero attached hydrogens (tertiary/aromatic N) is 2. The predicted octanol–water partition coefficient (Wildman–Crippen LogP) is 3.39. The number of aromatic amines is 1. The number of hydrogen-bond acceptors (Lipinski definition) is 6. The molecule has 0 aliphatic rings. The monoisotopic (exact) mass is 364 g/mol. The van der Waals surface area contributed by atoms with E-state index in [9.17, 15) is 9.59 Å². The van der Waals surface area contributed by atoms with E-state index in [1.54, 1.807) is 36.4 Å². The number of aromatic nitrogens is 3. The number of carbonyl (C=O) groups excluding carboxylic acids is 1. The van der Waals surface area contributed by atoms with Crippen molar-refractivity contribution in [1.82, 2.24) is 15.2 Å². The van der Waals surface area contributed by atoms with E-state index in [-0.39, 0.29) is 29.1 Å². The van der Waals surface area contributed by atoms with Gasteiger partial charge >= 0.3 is 5.97 Å². The van der Waals surface area contributed by atoms with Gasteiger partial charge in [-0.25, -0.2) is 4.79 Å². The fourth-order valence-corrected chi connectivity index (χ4v) is 2.33. The van der Waals surface area contributed by atoms with Gasteiger partial charge in [0, 0.05) is 11.3 Å². The van der Waals surface area contributed by atoms with Crippen molar-refractivity contribution in [1.29, 1.82) is 0 Å². The largest absolute Gasteiger partial charge is 0.462 e. The van der Waals surface area contributed by atoms with Crippen LogP contribution in [-0.2, 0) is 4.74 Å². The minimum Gasteiger partial charge on any atom is -0.462 e. The fourth-order valence-electron chi connectivity index (χ4n) is 2.33. The Labute approximate surface area is 156 Å². The molecule has 2 aromatic carbocycles. The zero-order valence-electron chi connectivity index (χ0n) is 15.1. The first-order chi connectivity index (χ1) is 13.0. The summed E-state index contributed by atoms with van der Waals surface area (Å²) in [7, 11) is 0. The van der Waals surface area contributed by atoms with Crippen molar-refractivity contribution in [2.24, 2.45) is 5.92 Å². The first kappa shape index (κ1) is 18.3. The van der Waals surface area contributed by atoms with E-state index in [1.807, 2.05) is 32.0 Å². The maximum Gasteiger partial charge on any atom is 0.338 e. The topological polar surface area (TPSA) is 97.0 Å². The number of anilines is 2. The molecule has 1 heterocycles. The molecule has 7 heteroatoms. The molecular weight excluding hydrogens is 344 g/mol. The molecule has 0 saturated heterocycles. The summed E-state index contributed by atoms with van der Waals surface area (Å²) in [6, 6.07) is 15.8. The average molecular weight is 364 g/mol. The van der Waals surface area contributed by atoms with E-state index in [0.717, 1.165) is 0 Å². The summed E-state index contributed by atoms with van der Waals surface area (Å²) in [5.74, 6) is 0.134. The van der Waals surface area contributed by atoms with E-state index in [4.69, 9.17) is 4.74 Å². The average Bonchev–Trinajstić information content (AvgIpc) is 2.67. The lowest BCUT2D eigenvalue weighted by Crippen LogP contribution is -2.15. The number of esters is 1. The summed E-state index contributed by atoms with van der Waals surface area (Å²) >= 11 is 0. The summed E-state index contributed by atoms with van der Waals surface area (Å²) in [6.45, 7) is 4.33. The van der Waals surface area contributed by atoms with Crippen molar-refractivity contribution in [3.05, 3.63) is 70.5 Å². The Balaban J connectivity index is 1.70. The zero-order valence-corrected chi connectivity index (χ0v) is 15.1. The van der Waals surface area contributed by atoms with Crippen molar-refractivity contribution in [2.45, 2.75) is 13.8 Å². The molecule has 0 atom stereocenters. The lowest BCUT2D eigenvalue weighted by Gasteiger charge is -2.08. The van der Waals surface area contributed by atoms with Crippen LogP contribution in [0, 0.1) is 5.92 Å². The summed E-state index contributed by atoms with van der Waals surface area (Å²) in [5, 5.41) is 11.0. The number of H-pyrrole nitrogens is 1. The molecule has 0 fully saturated rings. The van der Waals surface area contributed by atoms with Crippen molar-refractivity contribution in [2.75, 3.05) is 11.9 Å². The van der Waals surface area contributed by atoms with Crippen LogP contribution in [0.4, 0.5) is 11.6 Å². The van der Waals surface area contributed by atoms with Gasteiger partial charge in [0.05, 0.1) is 12.2 Å². The second kappa shape index (κ2) is 8.27. The van der Waals surface area contributed by atoms with Gasteiger partial charge < -0.3 is 10.1 Å². The van der Waals surface area contributed by atoms with Crippen molar-refractivity contribution >= 4 is 17.6 Å². The minimum atomic E-state index is -0.365. The molecule has 7 nitrogen and oxygen atoms in total. The summed E-state index contributed by atoms with van der Waals surface area (Å²) in [5.41, 5.74) is 1.73. The molecule has 3 aromatic rings. The van der Waals surface area contributed by atoms with Gasteiger partial charge in [-0.05, 0) is 30.2 Å². The fraction of sp³-hybridized carbons (Fsp3) is 0.200. The van der Waals surface area contributed by atoms with Gasteiger partial charge in [0.2, 0.25) is 5.95 Å². The molecule has 2 N–H and O–H groups in total. The Morgan fingerprint density at radius 1 is 1.07 bits per heavy atom. The minimum absolute atomic E-state index is 0.217. The molecule has 0 aliphatic heterocycles. The number of hydrogen-bond donors (Lipinski definition) is 2. The molecule has 0 radical (unpaired) electrons. The van der Waals surface area contributed by atoms with E-state index in [1.165, 1.54) is 0 Å². The first-order valence-corrected chi connectivity index (χ1v) is 8.59. The second-order valence-electron chi connectivity index (χ2n) is 6.41. The van der Waals surface area contributed by atoms with Gasteiger partial charge in [-0.3, -0.25) is 9.78 Å². The zero-order chi connectivity index (χ0) is 19.2. The highest BCUT2D eigenvalue weighted by Crippen LogP contribution is 2.15. The Morgan fingerprint density at radius 2 is 1.78 bits per heavy atom. The van der Waals surface area contributed by atoms with Gasteiger partial charge in [0.25, 0.3) is 5.56 Å². The number of benzene rings is 2. The van der Waals surface area contributed by atoms with Gasteiger partial charge in [-0.15, -0.1) is 10.2 Å². The van der Waals surface area contributed by atoms with Crippen molar-refractivity contribution < 1.29 is 9.53 Å². The maximum absolute atomic E-state index is 12.2. The Bertz CT molecular complexity index is 967. The molecule has 27 heavy (non-hydrogen) atoms. The van der Waals surface area contributed by atoms with E-state index < -0.39 is 0 Å². The first-order valence-electron chi connectivity index (χ1n) is 8.59. The Hall–Kier alpha value is -3.48. The standard InChI is InChI=1S/C20H20N4O3/c1-13(2)12-27-19(26)15-8-10-16(11-9-15)21-20-22-18(25)17(23-24-20)14-6-4-3-5-7-14/h3-11,13H,12H2,1-2H3,(H2,21,22,24,25). The van der Waals surface area contributed by atoms with Crippen LogP contribution in [0.3, 0.4) is 0 Å². The Morgan fingerprint density at radius 3 is 2.41 bits per heavy atom. The Kier molecular flexibility index (Phi) is 5.61. The molecule has 0 bridgehead atoms. The quantitative estimate of drug-likeness (QED) is 0.651. The third-order valence-corrected chi connectivity index (χ3v) is 3.68. The second-order valence-corrected chi connectivity index (χ2v) is 6.41. The van der Waals surface area contributed by atoms with E-state index in [2.05, 4.69) is 20.5 Å². The van der Waals surface area contributed by atoms with Crippen LogP contribution in [-0.4, -0.2) is 27.8 Å². The predicted molar refractivity (Wildman–Crippen MR) is 103 cm³/mol. The van der Waals surface area contributed by atoms with Gasteiger partial charge in [-0.1, -0.05) is 44.2 Å².